The van der Waals surface area contributed by atoms with E-state index in [1.165, 1.54) is 58.2 Å². The highest BCUT2D eigenvalue weighted by molar-refractivity contribution is 4.76. The third-order valence-corrected chi connectivity index (χ3v) is 4.49. The van der Waals surface area contributed by atoms with Crippen LogP contribution in [0.25, 0.3) is 0 Å². The van der Waals surface area contributed by atoms with E-state index in [1.54, 1.807) is 0 Å². The van der Waals surface area contributed by atoms with Gasteiger partial charge in [0.2, 0.25) is 0 Å². The zero-order valence-electron chi connectivity index (χ0n) is 11.0. The van der Waals surface area contributed by atoms with Gasteiger partial charge in [-0.3, -0.25) is 0 Å². The maximum absolute atomic E-state index is 5.42. The Morgan fingerprint density at radius 1 is 1.12 bits per heavy atom. The molecule has 1 unspecified atom stereocenters. The second-order valence-electron chi connectivity index (χ2n) is 5.86. The molecule has 2 heteroatoms. The van der Waals surface area contributed by atoms with Crippen LogP contribution in [0.4, 0.5) is 0 Å². The Morgan fingerprint density at radius 2 is 1.88 bits per heavy atom. The van der Waals surface area contributed by atoms with Crippen LogP contribution in [0.15, 0.2) is 0 Å². The molecule has 0 aromatic rings. The Bertz CT molecular complexity index is 199. The lowest BCUT2D eigenvalue weighted by Gasteiger charge is -2.28. The fraction of sp³-hybridized carbons (Fsp3) is 1.00. The molecule has 0 aromatic carbocycles. The minimum atomic E-state index is 0.558. The summed E-state index contributed by atoms with van der Waals surface area (Å²) in [6.07, 6.45) is 8.75. The minimum Gasteiger partial charge on any atom is -0.381 e. The lowest BCUT2D eigenvalue weighted by atomic mass is 9.85. The Hall–Kier alpha value is -0.0800. The highest BCUT2D eigenvalue weighted by Crippen LogP contribution is 2.28. The SMILES string of the molecule is COC1CCC(CCN2CCC(C)C2)CC1. The standard InChI is InChI=1S/C14H27NO/c1-12-7-9-15(11-12)10-8-13-3-5-14(16-2)6-4-13/h12-14H,3-11H2,1-2H3. The van der Waals surface area contributed by atoms with E-state index in [2.05, 4.69) is 11.8 Å². The molecule has 1 atom stereocenters. The number of hydrogen-bond donors (Lipinski definition) is 0. The van der Waals surface area contributed by atoms with Crippen LogP contribution < -0.4 is 0 Å². The predicted octanol–water partition coefficient (Wildman–Crippen LogP) is 2.92. The van der Waals surface area contributed by atoms with Gasteiger partial charge >= 0.3 is 0 Å². The number of hydrogen-bond acceptors (Lipinski definition) is 2. The van der Waals surface area contributed by atoms with E-state index in [-0.39, 0.29) is 0 Å². The second-order valence-corrected chi connectivity index (χ2v) is 5.86. The number of likely N-dealkylation sites (tertiary alicyclic amines) is 1. The molecule has 0 spiro atoms. The van der Waals surface area contributed by atoms with Gasteiger partial charge in [0.1, 0.15) is 0 Å². The molecule has 2 fully saturated rings. The van der Waals surface area contributed by atoms with E-state index in [4.69, 9.17) is 4.74 Å². The highest BCUT2D eigenvalue weighted by atomic mass is 16.5. The highest BCUT2D eigenvalue weighted by Gasteiger charge is 2.23. The Balaban J connectivity index is 1.60. The molecule has 1 aliphatic heterocycles. The first-order chi connectivity index (χ1) is 7.78. The van der Waals surface area contributed by atoms with Crippen molar-refractivity contribution < 1.29 is 4.74 Å². The lowest BCUT2D eigenvalue weighted by molar-refractivity contribution is 0.0541. The van der Waals surface area contributed by atoms with Crippen molar-refractivity contribution in [3.8, 4) is 0 Å². The van der Waals surface area contributed by atoms with Gasteiger partial charge in [-0.15, -0.1) is 0 Å². The van der Waals surface area contributed by atoms with Crippen LogP contribution in [0.5, 0.6) is 0 Å². The maximum atomic E-state index is 5.42. The van der Waals surface area contributed by atoms with Crippen molar-refractivity contribution in [2.75, 3.05) is 26.7 Å². The van der Waals surface area contributed by atoms with Gasteiger partial charge in [-0.25, -0.2) is 0 Å². The molecule has 1 aliphatic carbocycles. The number of ether oxygens (including phenoxy) is 1. The van der Waals surface area contributed by atoms with Crippen LogP contribution in [0.3, 0.4) is 0 Å². The summed E-state index contributed by atoms with van der Waals surface area (Å²) in [5.41, 5.74) is 0. The molecule has 1 saturated carbocycles. The van der Waals surface area contributed by atoms with Gasteiger partial charge in [-0.1, -0.05) is 6.92 Å². The molecule has 1 heterocycles. The summed E-state index contributed by atoms with van der Waals surface area (Å²) in [6, 6.07) is 0. The molecule has 2 nitrogen and oxygen atoms in total. The van der Waals surface area contributed by atoms with E-state index in [0.717, 1.165) is 11.8 Å². The molecule has 94 valence electrons. The fourth-order valence-corrected chi connectivity index (χ4v) is 3.25. The maximum Gasteiger partial charge on any atom is 0.0571 e. The summed E-state index contributed by atoms with van der Waals surface area (Å²) in [5, 5.41) is 0. The van der Waals surface area contributed by atoms with Gasteiger partial charge in [0.25, 0.3) is 0 Å². The monoisotopic (exact) mass is 225 g/mol. The van der Waals surface area contributed by atoms with Crippen LogP contribution in [-0.4, -0.2) is 37.7 Å². The summed E-state index contributed by atoms with van der Waals surface area (Å²) in [7, 11) is 1.86. The smallest absolute Gasteiger partial charge is 0.0571 e. The fourth-order valence-electron chi connectivity index (χ4n) is 3.25. The Morgan fingerprint density at radius 3 is 2.44 bits per heavy atom. The van der Waals surface area contributed by atoms with Crippen LogP contribution in [-0.2, 0) is 4.74 Å². The van der Waals surface area contributed by atoms with Gasteiger partial charge in [0.15, 0.2) is 0 Å². The second kappa shape index (κ2) is 6.02. The molecular formula is C14H27NO. The van der Waals surface area contributed by atoms with E-state index in [1.807, 2.05) is 7.11 Å². The van der Waals surface area contributed by atoms with Crippen molar-refractivity contribution in [3.63, 3.8) is 0 Å². The number of rotatable bonds is 4. The summed E-state index contributed by atoms with van der Waals surface area (Å²) in [4.78, 5) is 2.66. The first kappa shape index (κ1) is 12.4. The molecule has 16 heavy (non-hydrogen) atoms. The van der Waals surface area contributed by atoms with Crippen LogP contribution in [0.1, 0.15) is 45.4 Å². The zero-order chi connectivity index (χ0) is 11.4. The van der Waals surface area contributed by atoms with Crippen molar-refractivity contribution >= 4 is 0 Å². The first-order valence-electron chi connectivity index (χ1n) is 7.03. The van der Waals surface area contributed by atoms with E-state index in [9.17, 15) is 0 Å². The molecule has 0 aromatic heterocycles. The van der Waals surface area contributed by atoms with Gasteiger partial charge in [0.05, 0.1) is 6.10 Å². The number of methoxy groups -OCH3 is 1. The number of nitrogens with zero attached hydrogens (tertiary/aromatic N) is 1. The summed E-state index contributed by atoms with van der Waals surface area (Å²) in [6.45, 7) is 6.40. The molecule has 0 amide bonds. The summed E-state index contributed by atoms with van der Waals surface area (Å²) >= 11 is 0. The van der Waals surface area contributed by atoms with Crippen molar-refractivity contribution in [3.05, 3.63) is 0 Å². The van der Waals surface area contributed by atoms with Crippen molar-refractivity contribution in [1.29, 1.82) is 0 Å². The van der Waals surface area contributed by atoms with Crippen molar-refractivity contribution in [1.82, 2.24) is 4.90 Å². The molecule has 0 N–H and O–H groups in total. The van der Waals surface area contributed by atoms with Crippen LogP contribution in [0, 0.1) is 11.8 Å². The Kier molecular flexibility index (Phi) is 4.66. The Labute approximate surface area is 100 Å². The molecule has 2 aliphatic rings. The molecule has 1 saturated heterocycles. The van der Waals surface area contributed by atoms with Crippen LogP contribution in [0.2, 0.25) is 0 Å². The van der Waals surface area contributed by atoms with Gasteiger partial charge in [-0.2, -0.15) is 0 Å². The largest absolute Gasteiger partial charge is 0.381 e. The van der Waals surface area contributed by atoms with Crippen LogP contribution >= 0.6 is 0 Å². The molecule has 0 bridgehead atoms. The van der Waals surface area contributed by atoms with Gasteiger partial charge in [-0.05, 0) is 63.5 Å². The summed E-state index contributed by atoms with van der Waals surface area (Å²) < 4.78 is 5.42. The normalized spacial score (nSPS) is 36.8. The van der Waals surface area contributed by atoms with Gasteiger partial charge < -0.3 is 9.64 Å². The zero-order valence-corrected chi connectivity index (χ0v) is 11.0. The predicted molar refractivity (Wildman–Crippen MR) is 67.6 cm³/mol. The van der Waals surface area contributed by atoms with Crippen molar-refractivity contribution in [2.24, 2.45) is 11.8 Å². The van der Waals surface area contributed by atoms with E-state index >= 15 is 0 Å². The average molecular weight is 225 g/mol. The lowest BCUT2D eigenvalue weighted by Crippen LogP contribution is -2.26. The molecule has 0 radical (unpaired) electrons. The first-order valence-corrected chi connectivity index (χ1v) is 7.03. The molecular weight excluding hydrogens is 198 g/mol. The van der Waals surface area contributed by atoms with E-state index < -0.39 is 0 Å². The third kappa shape index (κ3) is 3.46. The van der Waals surface area contributed by atoms with Crippen molar-refractivity contribution in [2.45, 2.75) is 51.6 Å². The quantitative estimate of drug-likeness (QED) is 0.729. The average Bonchev–Trinajstić information content (AvgIpc) is 2.73. The van der Waals surface area contributed by atoms with Gasteiger partial charge in [0, 0.05) is 13.7 Å². The van der Waals surface area contributed by atoms with E-state index in [0.29, 0.717) is 6.10 Å². The molecule has 2 rings (SSSR count). The minimum absolute atomic E-state index is 0.558. The third-order valence-electron chi connectivity index (χ3n) is 4.49. The topological polar surface area (TPSA) is 12.5 Å². The summed E-state index contributed by atoms with van der Waals surface area (Å²) in [5.74, 6) is 1.91.